The number of hydrogen-bond acceptors (Lipinski definition) is 4. The minimum atomic E-state index is -4.12. The van der Waals surface area contributed by atoms with Gasteiger partial charge < -0.3 is 20.2 Å². The first-order valence-electron chi connectivity index (χ1n) is 11.0. The van der Waals surface area contributed by atoms with Crippen molar-refractivity contribution in [3.63, 3.8) is 0 Å². The van der Waals surface area contributed by atoms with E-state index in [9.17, 15) is 28.9 Å². The Balaban J connectivity index is 1.71. The first-order chi connectivity index (χ1) is 14.8. The van der Waals surface area contributed by atoms with Gasteiger partial charge in [0.25, 0.3) is 0 Å². The fourth-order valence-corrected chi connectivity index (χ4v) is 6.16. The van der Waals surface area contributed by atoms with E-state index in [2.05, 4.69) is 5.32 Å². The third-order valence-corrected chi connectivity index (χ3v) is 8.38. The first kappa shape index (κ1) is 23.5. The van der Waals surface area contributed by atoms with Crippen LogP contribution in [0.25, 0.3) is 0 Å². The molecular weight excluding hydrogens is 419 g/mol. The highest BCUT2D eigenvalue weighted by molar-refractivity contribution is 7.59. The topological polar surface area (TPSA) is 124 Å². The molecule has 1 aliphatic carbocycles. The zero-order valence-corrected chi connectivity index (χ0v) is 18.5. The Morgan fingerprint density at radius 2 is 1.77 bits per heavy atom. The molecule has 1 aromatic carbocycles. The Morgan fingerprint density at radius 3 is 2.42 bits per heavy atom. The van der Waals surface area contributed by atoms with Gasteiger partial charge in [-0.05, 0) is 44.1 Å². The zero-order chi connectivity index (χ0) is 22.4. The molecule has 9 heteroatoms. The molecule has 1 saturated heterocycles. The number of amides is 2. The number of nitrogens with one attached hydrogen (secondary N) is 1. The second-order valence-electron chi connectivity index (χ2n) is 8.53. The number of likely N-dealkylation sites (tertiary alicyclic amines) is 1. The van der Waals surface area contributed by atoms with Crippen molar-refractivity contribution in [2.45, 2.75) is 63.2 Å². The maximum atomic E-state index is 13.3. The number of aliphatic carboxylic acids is 1. The number of carbonyl (C=O) groups is 3. The third kappa shape index (κ3) is 6.17. The van der Waals surface area contributed by atoms with Crippen molar-refractivity contribution >= 4 is 25.2 Å². The van der Waals surface area contributed by atoms with Gasteiger partial charge in [0.15, 0.2) is 0 Å². The van der Waals surface area contributed by atoms with Crippen LogP contribution in [0.2, 0.25) is 0 Å². The molecule has 0 aromatic heterocycles. The summed E-state index contributed by atoms with van der Waals surface area (Å²) in [6.45, 7) is 0.263. The van der Waals surface area contributed by atoms with Crippen LogP contribution in [0.1, 0.15) is 50.5 Å². The van der Waals surface area contributed by atoms with Crippen molar-refractivity contribution in [3.8, 4) is 0 Å². The summed E-state index contributed by atoms with van der Waals surface area (Å²) in [6, 6.07) is 8.50. The minimum absolute atomic E-state index is 0.162. The summed E-state index contributed by atoms with van der Waals surface area (Å²) in [5.74, 6) is -3.19. The lowest BCUT2D eigenvalue weighted by molar-refractivity contribution is -0.147. The predicted octanol–water partition coefficient (Wildman–Crippen LogP) is 2.60. The van der Waals surface area contributed by atoms with E-state index in [-0.39, 0.29) is 24.8 Å². The molecule has 3 N–H and O–H groups in total. The molecule has 3 atom stereocenters. The molecule has 2 amide bonds. The van der Waals surface area contributed by atoms with Gasteiger partial charge in [-0.15, -0.1) is 0 Å². The number of carboxylic acid groups (broad SMARTS) is 1. The van der Waals surface area contributed by atoms with Gasteiger partial charge >= 0.3 is 5.97 Å². The molecule has 1 aliphatic heterocycles. The van der Waals surface area contributed by atoms with Crippen LogP contribution in [0.5, 0.6) is 0 Å². The van der Waals surface area contributed by atoms with Gasteiger partial charge in [-0.3, -0.25) is 14.2 Å². The normalized spacial score (nSPS) is 22.1. The van der Waals surface area contributed by atoms with Crippen LogP contribution in [-0.2, 0) is 25.4 Å². The zero-order valence-electron chi connectivity index (χ0n) is 17.6. The number of carbonyl (C=O) groups excluding carboxylic acids is 2. The van der Waals surface area contributed by atoms with E-state index in [0.29, 0.717) is 19.3 Å². The lowest BCUT2D eigenvalue weighted by Crippen LogP contribution is -2.44. The fraction of sp³-hybridized carbons (Fsp3) is 0.591. The first-order valence-corrected chi connectivity index (χ1v) is 12.9. The average Bonchev–Trinajstić information content (AvgIpc) is 3.43. The maximum absolute atomic E-state index is 13.3. The monoisotopic (exact) mass is 450 g/mol. The molecule has 0 spiro atoms. The molecule has 8 nitrogen and oxygen atoms in total. The van der Waals surface area contributed by atoms with Crippen LogP contribution >= 0.6 is 7.37 Å². The number of hydrogen-bond donors (Lipinski definition) is 3. The van der Waals surface area contributed by atoms with E-state index in [0.717, 1.165) is 31.2 Å². The Morgan fingerprint density at radius 1 is 1.10 bits per heavy atom. The molecule has 31 heavy (non-hydrogen) atoms. The molecule has 3 rings (SSSR count). The van der Waals surface area contributed by atoms with Gasteiger partial charge in [-0.25, -0.2) is 4.79 Å². The highest BCUT2D eigenvalue weighted by atomic mass is 31.2. The van der Waals surface area contributed by atoms with Gasteiger partial charge in [-0.1, -0.05) is 43.2 Å². The van der Waals surface area contributed by atoms with Gasteiger partial charge in [-0.2, -0.15) is 0 Å². The third-order valence-electron chi connectivity index (χ3n) is 6.29. The Kier molecular flexibility index (Phi) is 7.89. The van der Waals surface area contributed by atoms with Crippen LogP contribution in [-0.4, -0.2) is 57.2 Å². The predicted molar refractivity (Wildman–Crippen MR) is 116 cm³/mol. The molecule has 1 heterocycles. The molecule has 2 fully saturated rings. The second kappa shape index (κ2) is 10.4. The molecular formula is C22H31N2O6P. The summed E-state index contributed by atoms with van der Waals surface area (Å²) in [7, 11) is -4.12. The van der Waals surface area contributed by atoms with Crippen LogP contribution < -0.4 is 5.32 Å². The average molecular weight is 450 g/mol. The summed E-state index contributed by atoms with van der Waals surface area (Å²) < 4.78 is 13.3. The Labute approximate surface area is 182 Å². The number of carboxylic acids is 1. The van der Waals surface area contributed by atoms with E-state index in [1.807, 2.05) is 30.3 Å². The summed E-state index contributed by atoms with van der Waals surface area (Å²) >= 11 is 0. The van der Waals surface area contributed by atoms with Crippen LogP contribution in [0.4, 0.5) is 0 Å². The summed E-state index contributed by atoms with van der Waals surface area (Å²) in [4.78, 5) is 48.8. The van der Waals surface area contributed by atoms with Gasteiger partial charge in [0.2, 0.25) is 19.2 Å². The second-order valence-corrected chi connectivity index (χ2v) is 11.0. The lowest BCUT2D eigenvalue weighted by atomic mass is 10.1. The summed E-state index contributed by atoms with van der Waals surface area (Å²) in [5.41, 5.74) is 0.972. The van der Waals surface area contributed by atoms with E-state index in [1.165, 1.54) is 4.90 Å². The molecule has 1 saturated carbocycles. The van der Waals surface area contributed by atoms with Crippen LogP contribution in [0.3, 0.4) is 0 Å². The largest absolute Gasteiger partial charge is 0.480 e. The number of aryl methyl sites for hydroxylation is 1. The van der Waals surface area contributed by atoms with E-state index >= 15 is 0 Å². The quantitative estimate of drug-likeness (QED) is 0.497. The summed E-state index contributed by atoms with van der Waals surface area (Å²) in [5, 5.41) is 12.1. The fourth-order valence-electron chi connectivity index (χ4n) is 4.51. The van der Waals surface area contributed by atoms with Crippen LogP contribution in [0.15, 0.2) is 30.3 Å². The summed E-state index contributed by atoms with van der Waals surface area (Å²) in [6.07, 6.45) is 4.39. The Bertz CT molecular complexity index is 840. The highest BCUT2D eigenvalue weighted by Crippen LogP contribution is 2.47. The molecule has 0 radical (unpaired) electrons. The van der Waals surface area contributed by atoms with Crippen molar-refractivity contribution in [2.24, 2.45) is 5.92 Å². The minimum Gasteiger partial charge on any atom is -0.480 e. The lowest BCUT2D eigenvalue weighted by Gasteiger charge is -2.28. The van der Waals surface area contributed by atoms with E-state index in [1.54, 1.807) is 0 Å². The van der Waals surface area contributed by atoms with Crippen molar-refractivity contribution in [1.82, 2.24) is 10.2 Å². The highest BCUT2D eigenvalue weighted by Gasteiger charge is 2.40. The standard InChI is InChI=1S/C22H31N2O6P/c25-20(24-14-6-11-18(24)22(27)28)15-31(29,30)19(13-12-16-7-2-1-3-8-16)23-21(26)17-9-4-5-10-17/h1-3,7-8,17-19H,4-6,9-15H2,(H,23,26)(H,27,28)(H,29,30)/t18-,19?/m0/s1. The number of benzene rings is 1. The van der Waals surface area contributed by atoms with Crippen molar-refractivity contribution in [2.75, 3.05) is 12.7 Å². The van der Waals surface area contributed by atoms with Crippen molar-refractivity contribution in [1.29, 1.82) is 0 Å². The molecule has 2 aliphatic rings. The van der Waals surface area contributed by atoms with Gasteiger partial charge in [0.1, 0.15) is 18.0 Å². The SMILES string of the molecule is O=C(NC(CCc1ccccc1)P(=O)(O)CC(=O)N1CCC[C@H]1C(=O)O)C1CCCC1. The van der Waals surface area contributed by atoms with Gasteiger partial charge in [0.05, 0.1) is 0 Å². The van der Waals surface area contributed by atoms with E-state index in [4.69, 9.17) is 0 Å². The number of rotatable bonds is 9. The smallest absolute Gasteiger partial charge is 0.326 e. The van der Waals surface area contributed by atoms with Gasteiger partial charge in [0, 0.05) is 12.5 Å². The van der Waals surface area contributed by atoms with Crippen molar-refractivity contribution < 1.29 is 28.9 Å². The maximum Gasteiger partial charge on any atom is 0.326 e. The molecule has 170 valence electrons. The number of nitrogens with zero attached hydrogens (tertiary/aromatic N) is 1. The van der Waals surface area contributed by atoms with Crippen LogP contribution in [0, 0.1) is 5.92 Å². The molecule has 0 bridgehead atoms. The van der Waals surface area contributed by atoms with E-state index < -0.39 is 37.2 Å². The van der Waals surface area contributed by atoms with Crippen molar-refractivity contribution in [3.05, 3.63) is 35.9 Å². The molecule has 1 aromatic rings. The Hall–Kier alpha value is -2.18. The molecule has 2 unspecified atom stereocenters.